The van der Waals surface area contributed by atoms with E-state index in [1.54, 1.807) is 18.2 Å². The quantitative estimate of drug-likeness (QED) is 0.595. The molecule has 1 fully saturated rings. The number of methoxy groups -OCH3 is 1. The summed E-state index contributed by atoms with van der Waals surface area (Å²) < 4.78 is 11.0. The Morgan fingerprint density at radius 2 is 1.72 bits per heavy atom. The van der Waals surface area contributed by atoms with E-state index in [9.17, 15) is 19.5 Å². The Hall–Kier alpha value is -3.81. The Labute approximate surface area is 167 Å². The van der Waals surface area contributed by atoms with Crippen molar-refractivity contribution in [3.63, 3.8) is 0 Å². The third-order valence-electron chi connectivity index (χ3n) is 4.07. The minimum atomic E-state index is -0.860. The fourth-order valence-corrected chi connectivity index (χ4v) is 2.79. The van der Waals surface area contributed by atoms with Crippen LogP contribution in [0.2, 0.25) is 0 Å². The number of carbonyl (C=O) groups excluding carboxylic acids is 3. The first kappa shape index (κ1) is 19.9. The standard InChI is InChI=1S/C21H20N2O6/c1-12(2)29-17-9-4-13(11-18(17)28-3)10-16-19(25)22-21(27)23(20(16)26)14-5-7-15(24)8-6-14/h4-12,24H,1-3H3,(H,22,25,27)/b16-10+. The zero-order valence-electron chi connectivity index (χ0n) is 16.1. The van der Waals surface area contributed by atoms with Crippen molar-refractivity contribution < 1.29 is 29.0 Å². The van der Waals surface area contributed by atoms with Crippen LogP contribution < -0.4 is 19.7 Å². The smallest absolute Gasteiger partial charge is 0.335 e. The first-order valence-electron chi connectivity index (χ1n) is 8.85. The maximum atomic E-state index is 12.9. The van der Waals surface area contributed by atoms with Crippen molar-refractivity contribution in [3.8, 4) is 17.2 Å². The lowest BCUT2D eigenvalue weighted by atomic mass is 10.1. The number of imide groups is 2. The molecule has 150 valence electrons. The van der Waals surface area contributed by atoms with Crippen LogP contribution in [0.3, 0.4) is 0 Å². The molecule has 1 aliphatic rings. The first-order chi connectivity index (χ1) is 13.8. The summed E-state index contributed by atoms with van der Waals surface area (Å²) >= 11 is 0. The second-order valence-electron chi connectivity index (χ2n) is 6.55. The maximum absolute atomic E-state index is 12.9. The van der Waals surface area contributed by atoms with Crippen molar-refractivity contribution >= 4 is 29.6 Å². The Morgan fingerprint density at radius 1 is 1.03 bits per heavy atom. The molecule has 8 heteroatoms. The molecule has 0 radical (unpaired) electrons. The molecule has 2 aromatic rings. The predicted molar refractivity (Wildman–Crippen MR) is 106 cm³/mol. The molecule has 29 heavy (non-hydrogen) atoms. The molecule has 2 N–H and O–H groups in total. The van der Waals surface area contributed by atoms with Gasteiger partial charge in [-0.2, -0.15) is 0 Å². The molecule has 8 nitrogen and oxygen atoms in total. The highest BCUT2D eigenvalue weighted by Gasteiger charge is 2.36. The first-order valence-corrected chi connectivity index (χ1v) is 8.85. The monoisotopic (exact) mass is 396 g/mol. The number of anilines is 1. The van der Waals surface area contributed by atoms with E-state index in [0.717, 1.165) is 4.90 Å². The number of rotatable bonds is 5. The van der Waals surface area contributed by atoms with Gasteiger partial charge in [-0.3, -0.25) is 14.9 Å². The molecule has 0 spiro atoms. The van der Waals surface area contributed by atoms with Crippen molar-refractivity contribution in [2.75, 3.05) is 12.0 Å². The van der Waals surface area contributed by atoms with E-state index >= 15 is 0 Å². The van der Waals surface area contributed by atoms with Crippen molar-refractivity contribution in [1.29, 1.82) is 0 Å². The predicted octanol–water partition coefficient (Wildman–Crippen LogP) is 2.85. The molecule has 0 aliphatic carbocycles. The van der Waals surface area contributed by atoms with Crippen LogP contribution in [0.1, 0.15) is 19.4 Å². The third-order valence-corrected chi connectivity index (χ3v) is 4.07. The van der Waals surface area contributed by atoms with E-state index < -0.39 is 17.8 Å². The lowest BCUT2D eigenvalue weighted by Crippen LogP contribution is -2.54. The summed E-state index contributed by atoms with van der Waals surface area (Å²) in [4.78, 5) is 38.2. The van der Waals surface area contributed by atoms with E-state index in [1.165, 1.54) is 37.5 Å². The molecule has 0 aromatic heterocycles. The highest BCUT2D eigenvalue weighted by molar-refractivity contribution is 6.39. The molecule has 0 saturated carbocycles. The van der Waals surface area contributed by atoms with Gasteiger partial charge in [-0.25, -0.2) is 9.69 Å². The highest BCUT2D eigenvalue weighted by Crippen LogP contribution is 2.30. The molecule has 1 saturated heterocycles. The van der Waals surface area contributed by atoms with Crippen LogP contribution >= 0.6 is 0 Å². The molecular formula is C21H20N2O6. The molecule has 0 bridgehead atoms. The molecule has 3 rings (SSSR count). The average molecular weight is 396 g/mol. The van der Waals surface area contributed by atoms with E-state index in [4.69, 9.17) is 9.47 Å². The number of urea groups is 1. The number of benzene rings is 2. The number of carbonyl (C=O) groups is 3. The van der Waals surface area contributed by atoms with Gasteiger partial charge in [0.2, 0.25) is 0 Å². The number of nitrogens with zero attached hydrogens (tertiary/aromatic N) is 1. The topological polar surface area (TPSA) is 105 Å². The maximum Gasteiger partial charge on any atom is 0.335 e. The van der Waals surface area contributed by atoms with Gasteiger partial charge in [0.1, 0.15) is 11.3 Å². The van der Waals surface area contributed by atoms with Crippen LogP contribution in [0, 0.1) is 0 Å². The number of hydrogen-bond acceptors (Lipinski definition) is 6. The summed E-state index contributed by atoms with van der Waals surface area (Å²) in [6.07, 6.45) is 1.32. The summed E-state index contributed by atoms with van der Waals surface area (Å²) in [6.45, 7) is 3.77. The van der Waals surface area contributed by atoms with Crippen LogP contribution in [0.15, 0.2) is 48.0 Å². The van der Waals surface area contributed by atoms with Gasteiger partial charge in [-0.05, 0) is 61.9 Å². The molecular weight excluding hydrogens is 376 g/mol. The van der Waals surface area contributed by atoms with Crippen molar-refractivity contribution in [1.82, 2.24) is 5.32 Å². The van der Waals surface area contributed by atoms with Crippen molar-refractivity contribution in [3.05, 3.63) is 53.6 Å². The summed E-state index contributed by atoms with van der Waals surface area (Å²) in [5.41, 5.74) is 0.538. The van der Waals surface area contributed by atoms with Crippen LogP contribution in [-0.4, -0.2) is 36.2 Å². The molecule has 4 amide bonds. The molecule has 2 aromatic carbocycles. The lowest BCUT2D eigenvalue weighted by molar-refractivity contribution is -0.122. The number of nitrogens with one attached hydrogen (secondary N) is 1. The number of aromatic hydroxyl groups is 1. The van der Waals surface area contributed by atoms with Gasteiger partial charge in [0.25, 0.3) is 11.8 Å². The number of ether oxygens (including phenoxy) is 2. The fourth-order valence-electron chi connectivity index (χ4n) is 2.79. The van der Waals surface area contributed by atoms with E-state index in [1.807, 2.05) is 13.8 Å². The zero-order chi connectivity index (χ0) is 21.1. The molecule has 0 unspecified atom stereocenters. The Bertz CT molecular complexity index is 995. The van der Waals surface area contributed by atoms with E-state index in [-0.39, 0.29) is 23.1 Å². The number of amides is 4. The summed E-state index contributed by atoms with van der Waals surface area (Å²) in [6, 6.07) is 9.62. The van der Waals surface area contributed by atoms with E-state index in [2.05, 4.69) is 5.32 Å². The number of barbiturate groups is 1. The van der Waals surface area contributed by atoms with Gasteiger partial charge in [0, 0.05) is 0 Å². The second-order valence-corrected chi connectivity index (χ2v) is 6.55. The minimum Gasteiger partial charge on any atom is -0.508 e. The van der Waals surface area contributed by atoms with Crippen LogP contribution in [-0.2, 0) is 9.59 Å². The van der Waals surface area contributed by atoms with Gasteiger partial charge in [-0.15, -0.1) is 0 Å². The highest BCUT2D eigenvalue weighted by atomic mass is 16.5. The van der Waals surface area contributed by atoms with Crippen LogP contribution in [0.25, 0.3) is 6.08 Å². The lowest BCUT2D eigenvalue weighted by Gasteiger charge is -2.26. The van der Waals surface area contributed by atoms with Crippen LogP contribution in [0.4, 0.5) is 10.5 Å². The Balaban J connectivity index is 1.97. The molecule has 0 atom stereocenters. The number of phenolic OH excluding ortho intramolecular Hbond substituents is 1. The fraction of sp³-hybridized carbons (Fsp3) is 0.190. The Morgan fingerprint density at radius 3 is 2.34 bits per heavy atom. The zero-order valence-corrected chi connectivity index (χ0v) is 16.1. The van der Waals surface area contributed by atoms with Crippen molar-refractivity contribution in [2.45, 2.75) is 20.0 Å². The Kier molecular flexibility index (Phi) is 5.54. The number of hydrogen-bond donors (Lipinski definition) is 2. The third kappa shape index (κ3) is 4.21. The van der Waals surface area contributed by atoms with Gasteiger partial charge in [0.05, 0.1) is 18.9 Å². The summed E-state index contributed by atoms with van der Waals surface area (Å²) in [7, 11) is 1.49. The SMILES string of the molecule is COc1cc(/C=C2\C(=O)NC(=O)N(c3ccc(O)cc3)C2=O)ccc1OC(C)C. The molecule has 1 aliphatic heterocycles. The average Bonchev–Trinajstić information content (AvgIpc) is 2.67. The normalized spacial score (nSPS) is 15.7. The second kappa shape index (κ2) is 8.05. The van der Waals surface area contributed by atoms with E-state index in [0.29, 0.717) is 17.1 Å². The van der Waals surface area contributed by atoms with Gasteiger partial charge >= 0.3 is 6.03 Å². The number of phenols is 1. The van der Waals surface area contributed by atoms with Gasteiger partial charge < -0.3 is 14.6 Å². The summed E-state index contributed by atoms with van der Waals surface area (Å²) in [5, 5.41) is 11.6. The summed E-state index contributed by atoms with van der Waals surface area (Å²) in [5.74, 6) is -0.600. The molecule has 1 heterocycles. The van der Waals surface area contributed by atoms with Crippen LogP contribution in [0.5, 0.6) is 17.2 Å². The largest absolute Gasteiger partial charge is 0.508 e. The van der Waals surface area contributed by atoms with Gasteiger partial charge in [0.15, 0.2) is 11.5 Å². The van der Waals surface area contributed by atoms with Gasteiger partial charge in [-0.1, -0.05) is 6.07 Å². The van der Waals surface area contributed by atoms with Crippen molar-refractivity contribution in [2.24, 2.45) is 0 Å². The minimum absolute atomic E-state index is 0.0127.